The molecule has 1 aliphatic heterocycles. The van der Waals surface area contributed by atoms with Crippen molar-refractivity contribution >= 4 is 0 Å². The van der Waals surface area contributed by atoms with Crippen molar-refractivity contribution in [3.63, 3.8) is 0 Å². The standard InChI is InChI=1S/C38H50N/c1-10-13-17-20-36(9)34(5,6)31-22-28-30(23-32(31)35(36,7)8)37(11-2)25-38(37,12-3)39-24-29(26(4)21-33(28)39)27-18-15-14-16-19-27/h14-16,18-19,21-24H,10-13,17,20,25H2,1-9H3/q+1. The zero-order valence-corrected chi connectivity index (χ0v) is 26.1. The second kappa shape index (κ2) is 8.55. The zero-order chi connectivity index (χ0) is 28.0. The van der Waals surface area contributed by atoms with E-state index in [4.69, 9.17) is 0 Å². The molecule has 1 heteroatoms. The molecule has 0 radical (unpaired) electrons. The number of aromatic nitrogens is 1. The first kappa shape index (κ1) is 26.8. The van der Waals surface area contributed by atoms with Gasteiger partial charge in [0.25, 0.3) is 0 Å². The molecule has 39 heavy (non-hydrogen) atoms. The van der Waals surface area contributed by atoms with E-state index < -0.39 is 0 Å². The van der Waals surface area contributed by atoms with Crippen LogP contribution >= 0.6 is 0 Å². The molecule has 3 atom stereocenters. The van der Waals surface area contributed by atoms with Crippen LogP contribution < -0.4 is 4.57 Å². The van der Waals surface area contributed by atoms with Crippen molar-refractivity contribution in [2.75, 3.05) is 0 Å². The molecule has 0 saturated heterocycles. The molecule has 0 amide bonds. The molecule has 0 bridgehead atoms. The summed E-state index contributed by atoms with van der Waals surface area (Å²) < 4.78 is 2.73. The first-order valence-corrected chi connectivity index (χ1v) is 15.8. The minimum Gasteiger partial charge on any atom is -0.191 e. The largest absolute Gasteiger partial charge is 0.213 e. The second-order valence-corrected chi connectivity index (χ2v) is 14.5. The summed E-state index contributed by atoms with van der Waals surface area (Å²) in [5.41, 5.74) is 12.8. The lowest BCUT2D eigenvalue weighted by Crippen LogP contribution is -2.55. The molecule has 1 nitrogen and oxygen atoms in total. The van der Waals surface area contributed by atoms with E-state index in [0.29, 0.717) is 0 Å². The first-order valence-electron chi connectivity index (χ1n) is 15.8. The van der Waals surface area contributed by atoms with Gasteiger partial charge < -0.3 is 0 Å². The normalized spacial score (nSPS) is 28.8. The highest BCUT2D eigenvalue weighted by molar-refractivity contribution is 5.75. The van der Waals surface area contributed by atoms with Crippen molar-refractivity contribution < 1.29 is 4.57 Å². The van der Waals surface area contributed by atoms with Gasteiger partial charge in [0.05, 0.1) is 11.0 Å². The van der Waals surface area contributed by atoms with Gasteiger partial charge in [-0.15, -0.1) is 0 Å². The van der Waals surface area contributed by atoms with Crippen LogP contribution in [0.5, 0.6) is 0 Å². The van der Waals surface area contributed by atoms with Crippen LogP contribution in [0.2, 0.25) is 0 Å². The number of nitrogens with zero attached hydrogens (tertiary/aromatic N) is 1. The Hall–Kier alpha value is -2.41. The van der Waals surface area contributed by atoms with E-state index in [9.17, 15) is 0 Å². The maximum atomic E-state index is 2.73. The Balaban J connectivity index is 1.61. The lowest BCUT2D eigenvalue weighted by Gasteiger charge is -2.48. The van der Waals surface area contributed by atoms with Crippen molar-refractivity contribution in [1.29, 1.82) is 0 Å². The number of pyridine rings is 1. The van der Waals surface area contributed by atoms with E-state index in [1.54, 1.807) is 16.7 Å². The van der Waals surface area contributed by atoms with Crippen LogP contribution in [0.25, 0.3) is 22.4 Å². The highest BCUT2D eigenvalue weighted by Gasteiger charge is 2.77. The van der Waals surface area contributed by atoms with Crippen molar-refractivity contribution in [2.24, 2.45) is 5.41 Å². The lowest BCUT2D eigenvalue weighted by molar-refractivity contribution is -0.735. The fraction of sp³-hybridized carbons (Fsp3) is 0.553. The molecule has 2 aromatic carbocycles. The van der Waals surface area contributed by atoms with Crippen LogP contribution in [0.3, 0.4) is 0 Å². The number of benzene rings is 2. The molecule has 206 valence electrons. The van der Waals surface area contributed by atoms with Crippen LogP contribution in [0.4, 0.5) is 0 Å². The summed E-state index contributed by atoms with van der Waals surface area (Å²) in [4.78, 5) is 0. The summed E-state index contributed by atoms with van der Waals surface area (Å²) in [5.74, 6) is 0. The Morgan fingerprint density at radius 3 is 2.03 bits per heavy atom. The molecular weight excluding hydrogens is 470 g/mol. The SMILES string of the molecule is CCCCCC1(C)C(C)(C)c2cc3c(cc2C1(C)C)C1(CC)CC1(CC)[n+]1cc(-c2ccccc2)c(C)cc1-3. The molecule has 1 aromatic heterocycles. The van der Waals surface area contributed by atoms with Crippen LogP contribution in [0.1, 0.15) is 123 Å². The van der Waals surface area contributed by atoms with Gasteiger partial charge in [0, 0.05) is 24.5 Å². The number of fused-ring (bicyclic) bond motifs is 7. The smallest absolute Gasteiger partial charge is 0.191 e. The Labute approximate surface area is 238 Å². The quantitative estimate of drug-likeness (QED) is 0.215. The number of rotatable bonds is 7. The molecular formula is C38H50N+. The van der Waals surface area contributed by atoms with Gasteiger partial charge >= 0.3 is 0 Å². The van der Waals surface area contributed by atoms with Crippen LogP contribution in [0, 0.1) is 12.3 Å². The van der Waals surface area contributed by atoms with E-state index >= 15 is 0 Å². The van der Waals surface area contributed by atoms with Gasteiger partial charge in [-0.1, -0.05) is 111 Å². The van der Waals surface area contributed by atoms with Gasteiger partial charge in [-0.3, -0.25) is 0 Å². The van der Waals surface area contributed by atoms with Gasteiger partial charge in [0.1, 0.15) is 0 Å². The summed E-state index contributed by atoms with van der Waals surface area (Å²) in [7, 11) is 0. The van der Waals surface area contributed by atoms with E-state index in [0.717, 1.165) is 0 Å². The topological polar surface area (TPSA) is 3.88 Å². The first-order chi connectivity index (χ1) is 18.5. The summed E-state index contributed by atoms with van der Waals surface area (Å²) in [5, 5.41) is 0. The Morgan fingerprint density at radius 1 is 0.744 bits per heavy atom. The maximum absolute atomic E-state index is 2.73. The zero-order valence-electron chi connectivity index (χ0n) is 26.1. The third-order valence-corrected chi connectivity index (χ3v) is 12.7. The Morgan fingerprint density at radius 2 is 1.41 bits per heavy atom. The van der Waals surface area contributed by atoms with E-state index in [2.05, 4.69) is 122 Å². The summed E-state index contributed by atoms with van der Waals surface area (Å²) in [6, 6.07) is 18.9. The van der Waals surface area contributed by atoms with Crippen LogP contribution in [-0.4, -0.2) is 0 Å². The predicted octanol–water partition coefficient (Wildman–Crippen LogP) is 9.94. The van der Waals surface area contributed by atoms with Crippen LogP contribution in [0.15, 0.2) is 54.7 Å². The average molecular weight is 521 g/mol. The van der Waals surface area contributed by atoms with Gasteiger partial charge in [-0.25, -0.2) is 0 Å². The molecule has 3 aromatic rings. The summed E-state index contributed by atoms with van der Waals surface area (Å²) in [6.07, 6.45) is 11.4. The number of hydrogen-bond acceptors (Lipinski definition) is 0. The van der Waals surface area contributed by atoms with E-state index in [-0.39, 0.29) is 27.2 Å². The molecule has 0 spiro atoms. The van der Waals surface area contributed by atoms with E-state index in [1.807, 2.05) is 0 Å². The molecule has 6 rings (SSSR count). The molecule has 1 fully saturated rings. The van der Waals surface area contributed by atoms with Gasteiger partial charge in [0.15, 0.2) is 11.7 Å². The fourth-order valence-electron chi connectivity index (χ4n) is 9.50. The minimum atomic E-state index is 0.126. The molecule has 2 aliphatic carbocycles. The van der Waals surface area contributed by atoms with Crippen molar-refractivity contribution in [1.82, 2.24) is 0 Å². The molecule has 1 saturated carbocycles. The second-order valence-electron chi connectivity index (χ2n) is 14.5. The van der Waals surface area contributed by atoms with Gasteiger partial charge in [-0.05, 0) is 69.9 Å². The molecule has 3 unspecified atom stereocenters. The fourth-order valence-corrected chi connectivity index (χ4v) is 9.50. The maximum Gasteiger partial charge on any atom is 0.213 e. The molecule has 3 aliphatic rings. The third-order valence-electron chi connectivity index (χ3n) is 12.7. The van der Waals surface area contributed by atoms with Crippen molar-refractivity contribution in [3.8, 4) is 22.4 Å². The predicted molar refractivity (Wildman–Crippen MR) is 165 cm³/mol. The number of unbranched alkanes of at least 4 members (excludes halogenated alkanes) is 2. The van der Waals surface area contributed by atoms with Gasteiger partial charge in [0.2, 0.25) is 5.69 Å². The third kappa shape index (κ3) is 3.17. The molecule has 2 heterocycles. The minimum absolute atomic E-state index is 0.126. The summed E-state index contributed by atoms with van der Waals surface area (Å²) in [6.45, 7) is 22.3. The van der Waals surface area contributed by atoms with Crippen LogP contribution in [-0.2, 0) is 21.8 Å². The highest BCUT2D eigenvalue weighted by Crippen LogP contribution is 2.70. The Bertz CT molecular complexity index is 1440. The average Bonchev–Trinajstić information content (AvgIpc) is 3.61. The highest BCUT2D eigenvalue weighted by atomic mass is 15.2. The van der Waals surface area contributed by atoms with Crippen molar-refractivity contribution in [3.05, 3.63) is 77.0 Å². The molecule has 0 N–H and O–H groups in total. The number of hydrogen-bond donors (Lipinski definition) is 0. The summed E-state index contributed by atoms with van der Waals surface area (Å²) >= 11 is 0. The Kier molecular flexibility index (Phi) is 5.87. The number of aryl methyl sites for hydroxylation is 1. The van der Waals surface area contributed by atoms with E-state index in [1.165, 1.54) is 72.9 Å². The monoisotopic (exact) mass is 520 g/mol. The van der Waals surface area contributed by atoms with Gasteiger partial charge in [-0.2, -0.15) is 4.57 Å². The van der Waals surface area contributed by atoms with Crippen molar-refractivity contribution in [2.45, 2.75) is 129 Å². The lowest BCUT2D eigenvalue weighted by atomic mass is 9.56.